The van der Waals surface area contributed by atoms with Gasteiger partial charge in [0.15, 0.2) is 0 Å². The van der Waals surface area contributed by atoms with Crippen molar-refractivity contribution in [1.82, 2.24) is 4.90 Å². The fourth-order valence-corrected chi connectivity index (χ4v) is 2.82. The first kappa shape index (κ1) is 15.7. The Morgan fingerprint density at radius 1 is 0.957 bits per heavy atom. The van der Waals surface area contributed by atoms with Gasteiger partial charge in [0.2, 0.25) is 0 Å². The second kappa shape index (κ2) is 7.90. The van der Waals surface area contributed by atoms with Gasteiger partial charge in [-0.2, -0.15) is 0 Å². The van der Waals surface area contributed by atoms with E-state index in [1.807, 2.05) is 42.5 Å². The predicted octanol–water partition coefficient (Wildman–Crippen LogP) is 3.80. The summed E-state index contributed by atoms with van der Waals surface area (Å²) < 4.78 is 5.47. The van der Waals surface area contributed by atoms with Crippen LogP contribution >= 0.6 is 12.2 Å². The summed E-state index contributed by atoms with van der Waals surface area (Å²) in [7, 11) is 0. The number of morpholine rings is 1. The molecule has 1 aliphatic rings. The van der Waals surface area contributed by atoms with Crippen LogP contribution in [0.1, 0.15) is 5.56 Å². The quantitative estimate of drug-likeness (QED) is 0.683. The van der Waals surface area contributed by atoms with Crippen molar-refractivity contribution in [3.05, 3.63) is 72.3 Å². The largest absolute Gasteiger partial charge is 0.378 e. The number of benzene rings is 2. The van der Waals surface area contributed by atoms with Gasteiger partial charge in [0.25, 0.3) is 0 Å². The summed E-state index contributed by atoms with van der Waals surface area (Å²) in [4.78, 5) is 3.04. The topological polar surface area (TPSA) is 24.5 Å². The van der Waals surface area contributed by atoms with Gasteiger partial charge in [-0.3, -0.25) is 0 Å². The molecule has 1 heterocycles. The van der Waals surface area contributed by atoms with Crippen LogP contribution in [0.15, 0.2) is 66.7 Å². The van der Waals surface area contributed by atoms with E-state index in [9.17, 15) is 0 Å². The molecular weight excluding hydrogens is 304 g/mol. The zero-order chi connectivity index (χ0) is 15.9. The second-order valence-electron chi connectivity index (χ2n) is 5.35. The number of hydrogen-bond donors (Lipinski definition) is 1. The summed E-state index contributed by atoms with van der Waals surface area (Å²) in [6.45, 7) is 3.27. The smallest absolute Gasteiger partial charge is 0.105 e. The molecule has 4 heteroatoms. The van der Waals surface area contributed by atoms with Crippen molar-refractivity contribution in [1.29, 1.82) is 0 Å². The van der Waals surface area contributed by atoms with E-state index in [1.165, 1.54) is 5.56 Å². The second-order valence-corrected chi connectivity index (χ2v) is 5.79. The van der Waals surface area contributed by atoms with Crippen molar-refractivity contribution in [3.8, 4) is 0 Å². The highest BCUT2D eigenvalue weighted by molar-refractivity contribution is 7.81. The monoisotopic (exact) mass is 324 g/mol. The average Bonchev–Trinajstić information content (AvgIpc) is 2.62. The van der Waals surface area contributed by atoms with Crippen LogP contribution in [0.2, 0.25) is 0 Å². The Morgan fingerprint density at radius 2 is 1.57 bits per heavy atom. The molecule has 0 spiro atoms. The molecule has 118 valence electrons. The third kappa shape index (κ3) is 4.41. The molecule has 3 nitrogen and oxygen atoms in total. The number of hydrogen-bond acceptors (Lipinski definition) is 3. The van der Waals surface area contributed by atoms with Crippen LogP contribution in [0.4, 0.5) is 5.69 Å². The van der Waals surface area contributed by atoms with Crippen LogP contribution in [0.5, 0.6) is 0 Å². The van der Waals surface area contributed by atoms with Crippen molar-refractivity contribution in [2.24, 2.45) is 0 Å². The molecule has 0 aromatic heterocycles. The molecule has 1 saturated heterocycles. The molecule has 2 aromatic carbocycles. The lowest BCUT2D eigenvalue weighted by Crippen LogP contribution is -2.35. The van der Waals surface area contributed by atoms with Gasteiger partial charge < -0.3 is 15.0 Å². The maximum atomic E-state index is 5.54. The van der Waals surface area contributed by atoms with Crippen molar-refractivity contribution in [2.45, 2.75) is 0 Å². The molecule has 0 unspecified atom stereocenters. The third-order valence-electron chi connectivity index (χ3n) is 3.73. The normalized spacial score (nSPS) is 15.3. The van der Waals surface area contributed by atoms with E-state index in [-0.39, 0.29) is 0 Å². The van der Waals surface area contributed by atoms with E-state index in [0.29, 0.717) is 4.99 Å². The molecule has 1 fully saturated rings. The lowest BCUT2D eigenvalue weighted by Gasteiger charge is -2.31. The third-order valence-corrected chi connectivity index (χ3v) is 3.95. The van der Waals surface area contributed by atoms with Gasteiger partial charge in [-0.1, -0.05) is 60.7 Å². The van der Waals surface area contributed by atoms with Crippen molar-refractivity contribution >= 4 is 28.6 Å². The molecule has 2 aromatic rings. The molecule has 0 saturated carbocycles. The Hall–Kier alpha value is -2.17. The van der Waals surface area contributed by atoms with Gasteiger partial charge in [-0.15, -0.1) is 0 Å². The number of nitrogens with zero attached hydrogens (tertiary/aromatic N) is 1. The van der Waals surface area contributed by atoms with Crippen LogP contribution in [0.25, 0.3) is 5.70 Å². The predicted molar refractivity (Wildman–Crippen MR) is 99.5 cm³/mol. The van der Waals surface area contributed by atoms with Crippen LogP contribution in [0.3, 0.4) is 0 Å². The highest BCUT2D eigenvalue weighted by Crippen LogP contribution is 2.21. The number of ether oxygens (including phenoxy) is 1. The fourth-order valence-electron chi connectivity index (χ4n) is 2.59. The van der Waals surface area contributed by atoms with Gasteiger partial charge in [0, 0.05) is 24.5 Å². The summed E-state index contributed by atoms with van der Waals surface area (Å²) in [5.74, 6) is 0. The molecule has 0 atom stereocenters. The lowest BCUT2D eigenvalue weighted by molar-refractivity contribution is 0.0640. The highest BCUT2D eigenvalue weighted by atomic mass is 32.1. The summed E-state index contributed by atoms with van der Waals surface area (Å²) in [6, 6.07) is 20.4. The van der Waals surface area contributed by atoms with Crippen molar-refractivity contribution in [3.63, 3.8) is 0 Å². The number of nitrogens with one attached hydrogen (secondary N) is 1. The maximum absolute atomic E-state index is 5.54. The van der Waals surface area contributed by atoms with E-state index in [2.05, 4.69) is 34.5 Å². The summed E-state index contributed by atoms with van der Waals surface area (Å²) in [5.41, 5.74) is 3.32. The van der Waals surface area contributed by atoms with E-state index in [1.54, 1.807) is 0 Å². The molecule has 0 amide bonds. The Labute approximate surface area is 142 Å². The summed E-state index contributed by atoms with van der Waals surface area (Å²) in [6.07, 6.45) is 2.04. The number of para-hydroxylation sites is 1. The maximum Gasteiger partial charge on any atom is 0.105 e. The van der Waals surface area contributed by atoms with Crippen LogP contribution in [0, 0.1) is 0 Å². The molecule has 0 bridgehead atoms. The van der Waals surface area contributed by atoms with Crippen LogP contribution in [-0.4, -0.2) is 36.2 Å². The molecule has 1 N–H and O–H groups in total. The Bertz CT molecular complexity index is 664. The van der Waals surface area contributed by atoms with Gasteiger partial charge in [0.1, 0.15) is 4.99 Å². The molecule has 1 aliphatic heterocycles. The molecule has 23 heavy (non-hydrogen) atoms. The molecule has 0 radical (unpaired) electrons. The minimum absolute atomic E-state index is 0.710. The average molecular weight is 324 g/mol. The van der Waals surface area contributed by atoms with Crippen molar-refractivity contribution in [2.75, 3.05) is 31.6 Å². The Balaban J connectivity index is 1.83. The van der Waals surface area contributed by atoms with Gasteiger partial charge >= 0.3 is 0 Å². The number of anilines is 1. The van der Waals surface area contributed by atoms with E-state index in [0.717, 1.165) is 37.7 Å². The standard InChI is InChI=1S/C19H20N2OS/c23-19(20-17-9-5-2-6-10-17)15-18(16-7-3-1-4-8-16)21-11-13-22-14-12-21/h1-10,15H,11-14H2,(H,20,23). The SMILES string of the molecule is S=C(C=C(c1ccccc1)N1CCOCC1)Nc1ccccc1. The van der Waals surface area contributed by atoms with Crippen LogP contribution in [-0.2, 0) is 4.74 Å². The van der Waals surface area contributed by atoms with Crippen molar-refractivity contribution < 1.29 is 4.74 Å². The van der Waals surface area contributed by atoms with Gasteiger partial charge in [-0.25, -0.2) is 0 Å². The Morgan fingerprint density at radius 3 is 2.22 bits per heavy atom. The first-order valence-electron chi connectivity index (χ1n) is 7.79. The van der Waals surface area contributed by atoms with Crippen LogP contribution < -0.4 is 5.32 Å². The zero-order valence-corrected chi connectivity index (χ0v) is 13.8. The van der Waals surface area contributed by atoms with E-state index >= 15 is 0 Å². The zero-order valence-electron chi connectivity index (χ0n) is 12.9. The van der Waals surface area contributed by atoms with Gasteiger partial charge in [-0.05, 0) is 23.8 Å². The Kier molecular flexibility index (Phi) is 5.40. The minimum atomic E-state index is 0.710. The highest BCUT2D eigenvalue weighted by Gasteiger charge is 2.15. The number of thiocarbonyl (C=S) groups is 1. The fraction of sp³-hybridized carbons (Fsp3) is 0.211. The van der Waals surface area contributed by atoms with E-state index < -0.39 is 0 Å². The molecule has 0 aliphatic carbocycles. The first-order chi connectivity index (χ1) is 11.3. The molecule has 3 rings (SSSR count). The summed E-state index contributed by atoms with van der Waals surface area (Å²) in [5, 5.41) is 3.28. The summed E-state index contributed by atoms with van der Waals surface area (Å²) >= 11 is 5.54. The first-order valence-corrected chi connectivity index (χ1v) is 8.19. The van der Waals surface area contributed by atoms with E-state index in [4.69, 9.17) is 17.0 Å². The minimum Gasteiger partial charge on any atom is -0.378 e. The molecular formula is C19H20N2OS. The van der Waals surface area contributed by atoms with Gasteiger partial charge in [0.05, 0.1) is 13.2 Å². The number of rotatable bonds is 4. The lowest BCUT2D eigenvalue weighted by atomic mass is 10.1.